The quantitative estimate of drug-likeness (QED) is 0.642. The second-order valence-electron chi connectivity index (χ2n) is 6.46. The van der Waals surface area contributed by atoms with Gasteiger partial charge in [-0.2, -0.15) is 0 Å². The molecule has 3 heteroatoms. The Balaban J connectivity index is 2.70. The van der Waals surface area contributed by atoms with Crippen LogP contribution in [0.25, 0.3) is 0 Å². The topological polar surface area (TPSA) is 9.23 Å². The van der Waals surface area contributed by atoms with Crippen molar-refractivity contribution in [2.24, 2.45) is 11.3 Å². The van der Waals surface area contributed by atoms with Crippen molar-refractivity contribution in [3.8, 4) is 5.75 Å². The fourth-order valence-electron chi connectivity index (χ4n) is 2.50. The van der Waals surface area contributed by atoms with Crippen LogP contribution in [-0.2, 0) is 0 Å². The second kappa shape index (κ2) is 6.60. The van der Waals surface area contributed by atoms with E-state index in [0.717, 1.165) is 12.8 Å². The van der Waals surface area contributed by atoms with Crippen LogP contribution in [0, 0.1) is 17.2 Å². The monoisotopic (exact) mass is 286 g/mol. The molecule has 0 amide bonds. The summed E-state index contributed by atoms with van der Waals surface area (Å²) in [6, 6.07) is 4.86. The van der Waals surface area contributed by atoms with Crippen LogP contribution in [0.15, 0.2) is 18.2 Å². The van der Waals surface area contributed by atoms with Crippen LogP contribution in [0.4, 0.5) is 4.39 Å². The molecule has 0 heterocycles. The predicted molar refractivity (Wildman–Crippen MR) is 79.4 cm³/mol. The SMILES string of the molecule is COc1ccc(C(Cl)CC(C)CC(C)(C)C)c(F)c1. The second-order valence-corrected chi connectivity index (χ2v) is 6.99. The molecule has 1 nitrogen and oxygen atoms in total. The first-order valence-electron chi connectivity index (χ1n) is 6.70. The Kier molecular flexibility index (Phi) is 5.66. The van der Waals surface area contributed by atoms with Gasteiger partial charge in [-0.1, -0.05) is 33.8 Å². The highest BCUT2D eigenvalue weighted by Crippen LogP contribution is 2.35. The number of halogens is 2. The number of hydrogen-bond donors (Lipinski definition) is 0. The van der Waals surface area contributed by atoms with Crippen LogP contribution in [0.5, 0.6) is 5.75 Å². The summed E-state index contributed by atoms with van der Waals surface area (Å²) in [6.45, 7) is 8.80. The number of alkyl halides is 1. The minimum atomic E-state index is -0.290. The standard InChI is InChI=1S/C16H24ClFO/c1-11(10-16(2,3)4)8-14(17)13-7-6-12(19-5)9-15(13)18/h6-7,9,11,14H,8,10H2,1-5H3. The van der Waals surface area contributed by atoms with Crippen molar-refractivity contribution in [1.29, 1.82) is 0 Å². The number of benzene rings is 1. The van der Waals surface area contributed by atoms with Gasteiger partial charge < -0.3 is 4.74 Å². The Morgan fingerprint density at radius 3 is 2.42 bits per heavy atom. The summed E-state index contributed by atoms with van der Waals surface area (Å²) in [6.07, 6.45) is 1.86. The lowest BCUT2D eigenvalue weighted by Crippen LogP contribution is -2.12. The molecule has 1 aromatic carbocycles. The average molecular weight is 287 g/mol. The molecule has 1 aromatic rings. The number of methoxy groups -OCH3 is 1. The van der Waals surface area contributed by atoms with Gasteiger partial charge in [0.25, 0.3) is 0 Å². The van der Waals surface area contributed by atoms with Crippen LogP contribution in [-0.4, -0.2) is 7.11 Å². The van der Waals surface area contributed by atoms with Gasteiger partial charge in [-0.3, -0.25) is 0 Å². The fourth-order valence-corrected chi connectivity index (χ4v) is 2.98. The number of rotatable bonds is 5. The smallest absolute Gasteiger partial charge is 0.131 e. The lowest BCUT2D eigenvalue weighted by atomic mass is 9.83. The Hall–Kier alpha value is -0.760. The molecule has 2 atom stereocenters. The van der Waals surface area contributed by atoms with E-state index in [0.29, 0.717) is 17.2 Å². The van der Waals surface area contributed by atoms with Gasteiger partial charge in [0.1, 0.15) is 11.6 Å². The van der Waals surface area contributed by atoms with E-state index < -0.39 is 0 Å². The molecule has 0 fully saturated rings. The van der Waals surface area contributed by atoms with E-state index in [4.69, 9.17) is 16.3 Å². The van der Waals surface area contributed by atoms with Crippen molar-refractivity contribution in [3.05, 3.63) is 29.6 Å². The molecule has 0 N–H and O–H groups in total. The summed E-state index contributed by atoms with van der Waals surface area (Å²) in [7, 11) is 1.53. The molecule has 0 bridgehead atoms. The molecular weight excluding hydrogens is 263 g/mol. The Morgan fingerprint density at radius 1 is 1.32 bits per heavy atom. The van der Waals surface area contributed by atoms with E-state index >= 15 is 0 Å². The number of hydrogen-bond acceptors (Lipinski definition) is 1. The zero-order valence-electron chi connectivity index (χ0n) is 12.5. The summed E-state index contributed by atoms with van der Waals surface area (Å²) in [5, 5.41) is -0.289. The van der Waals surface area contributed by atoms with Gasteiger partial charge >= 0.3 is 0 Å². The molecule has 2 unspecified atom stereocenters. The van der Waals surface area contributed by atoms with Crippen LogP contribution >= 0.6 is 11.6 Å². The van der Waals surface area contributed by atoms with E-state index in [2.05, 4.69) is 27.7 Å². The maximum Gasteiger partial charge on any atom is 0.131 e. The van der Waals surface area contributed by atoms with Gasteiger partial charge in [-0.05, 0) is 30.2 Å². The van der Waals surface area contributed by atoms with Crippen molar-refractivity contribution in [2.75, 3.05) is 7.11 Å². The van der Waals surface area contributed by atoms with Crippen molar-refractivity contribution < 1.29 is 9.13 Å². The summed E-state index contributed by atoms with van der Waals surface area (Å²) in [4.78, 5) is 0. The molecule has 0 aliphatic carbocycles. The minimum Gasteiger partial charge on any atom is -0.497 e. The molecule has 0 aliphatic heterocycles. The van der Waals surface area contributed by atoms with E-state index in [-0.39, 0.29) is 16.6 Å². The van der Waals surface area contributed by atoms with E-state index in [9.17, 15) is 4.39 Å². The third-order valence-electron chi connectivity index (χ3n) is 3.12. The van der Waals surface area contributed by atoms with Crippen LogP contribution < -0.4 is 4.74 Å². The molecule has 0 saturated heterocycles. The first-order chi connectivity index (χ1) is 8.73. The van der Waals surface area contributed by atoms with E-state index in [1.165, 1.54) is 13.2 Å². The zero-order chi connectivity index (χ0) is 14.6. The molecule has 19 heavy (non-hydrogen) atoms. The third kappa shape index (κ3) is 5.40. The van der Waals surface area contributed by atoms with Gasteiger partial charge in [0.15, 0.2) is 0 Å². The molecule has 0 aliphatic rings. The highest BCUT2D eigenvalue weighted by atomic mass is 35.5. The maximum absolute atomic E-state index is 13.9. The van der Waals surface area contributed by atoms with E-state index in [1.807, 2.05) is 0 Å². The predicted octanol–water partition coefficient (Wildman–Crippen LogP) is 5.58. The first kappa shape index (κ1) is 16.3. The fraction of sp³-hybridized carbons (Fsp3) is 0.625. The Morgan fingerprint density at radius 2 is 1.95 bits per heavy atom. The lowest BCUT2D eigenvalue weighted by Gasteiger charge is -2.25. The van der Waals surface area contributed by atoms with Gasteiger partial charge in [0, 0.05) is 11.6 Å². The highest BCUT2D eigenvalue weighted by Gasteiger charge is 2.20. The molecule has 0 spiro atoms. The first-order valence-corrected chi connectivity index (χ1v) is 7.14. The average Bonchev–Trinajstić information content (AvgIpc) is 2.25. The molecule has 108 valence electrons. The van der Waals surface area contributed by atoms with Gasteiger partial charge in [0.05, 0.1) is 12.5 Å². The summed E-state index contributed by atoms with van der Waals surface area (Å²) in [5.74, 6) is 0.694. The van der Waals surface area contributed by atoms with Crippen molar-refractivity contribution in [3.63, 3.8) is 0 Å². The Labute approximate surface area is 121 Å². The van der Waals surface area contributed by atoms with Crippen molar-refractivity contribution in [2.45, 2.75) is 45.9 Å². The largest absolute Gasteiger partial charge is 0.497 e. The normalized spacial score (nSPS) is 15.1. The van der Waals surface area contributed by atoms with E-state index in [1.54, 1.807) is 12.1 Å². The Bertz CT molecular complexity index is 412. The molecule has 1 rings (SSSR count). The number of ether oxygens (including phenoxy) is 1. The zero-order valence-corrected chi connectivity index (χ0v) is 13.2. The molecule has 0 saturated carbocycles. The summed E-state index contributed by atoms with van der Waals surface area (Å²) in [5.41, 5.74) is 0.831. The molecule has 0 radical (unpaired) electrons. The lowest BCUT2D eigenvalue weighted by molar-refractivity contribution is 0.294. The van der Waals surface area contributed by atoms with Crippen LogP contribution in [0.1, 0.15) is 51.5 Å². The van der Waals surface area contributed by atoms with Crippen LogP contribution in [0.3, 0.4) is 0 Å². The minimum absolute atomic E-state index is 0.272. The van der Waals surface area contributed by atoms with Crippen molar-refractivity contribution in [1.82, 2.24) is 0 Å². The van der Waals surface area contributed by atoms with Gasteiger partial charge in [-0.25, -0.2) is 4.39 Å². The van der Waals surface area contributed by atoms with Gasteiger partial charge in [-0.15, -0.1) is 11.6 Å². The maximum atomic E-state index is 13.9. The van der Waals surface area contributed by atoms with Gasteiger partial charge in [0.2, 0.25) is 0 Å². The summed E-state index contributed by atoms with van der Waals surface area (Å²) < 4.78 is 18.9. The van der Waals surface area contributed by atoms with Crippen LogP contribution in [0.2, 0.25) is 0 Å². The third-order valence-corrected chi connectivity index (χ3v) is 3.53. The summed E-state index contributed by atoms with van der Waals surface area (Å²) >= 11 is 6.35. The molecule has 0 aromatic heterocycles. The molecular formula is C16H24ClFO. The van der Waals surface area contributed by atoms with Crippen molar-refractivity contribution >= 4 is 11.6 Å². The highest BCUT2D eigenvalue weighted by molar-refractivity contribution is 6.20.